The van der Waals surface area contributed by atoms with Crippen molar-refractivity contribution in [2.45, 2.75) is 58.3 Å². The minimum Gasteiger partial charge on any atom is -0.0616 e. The minimum absolute atomic E-state index is 0.209. The molecule has 0 aromatic heterocycles. The quantitative estimate of drug-likeness (QED) is 0.198. The van der Waals surface area contributed by atoms with Gasteiger partial charge in [0, 0.05) is 4.47 Å². The number of fused-ring (bicyclic) bond motifs is 7. The van der Waals surface area contributed by atoms with Gasteiger partial charge >= 0.3 is 0 Å². The highest BCUT2D eigenvalue weighted by Gasteiger charge is 2.37. The molecule has 0 aliphatic heterocycles. The van der Waals surface area contributed by atoms with E-state index < -0.39 is 0 Å². The Hall–Kier alpha value is -2.64. The summed E-state index contributed by atoms with van der Waals surface area (Å²) in [4.78, 5) is 0. The van der Waals surface area contributed by atoms with Crippen molar-refractivity contribution in [2.75, 3.05) is 0 Å². The number of rotatable bonds is 1. The molecule has 0 fully saturated rings. The van der Waals surface area contributed by atoms with Crippen molar-refractivity contribution < 1.29 is 0 Å². The lowest BCUT2D eigenvalue weighted by atomic mass is 9.62. The standard InChI is InChI=1S/C33H31Br/c1-20-16-30-31(33(4,5)15-14-32(30,2)3)19-27(20)21-10-12-25-26-13-11-22(34)18-29(26)24-9-7-6-8-23(24)28(25)17-21/h6-13,16-19H,14-15H2,1-5H3. The fraction of sp³-hybridized carbons (Fsp3) is 0.273. The van der Waals surface area contributed by atoms with E-state index in [1.165, 1.54) is 73.0 Å². The van der Waals surface area contributed by atoms with E-state index in [4.69, 9.17) is 0 Å². The second-order valence-electron chi connectivity index (χ2n) is 11.5. The highest BCUT2D eigenvalue weighted by atomic mass is 79.9. The van der Waals surface area contributed by atoms with Crippen LogP contribution < -0.4 is 0 Å². The van der Waals surface area contributed by atoms with E-state index in [0.717, 1.165) is 4.47 Å². The molecule has 0 saturated carbocycles. The molecule has 1 heteroatoms. The molecule has 5 aromatic rings. The van der Waals surface area contributed by atoms with E-state index in [0.29, 0.717) is 0 Å². The zero-order chi connectivity index (χ0) is 23.8. The third kappa shape index (κ3) is 3.24. The number of halogens is 1. The summed E-state index contributed by atoms with van der Waals surface area (Å²) in [5.41, 5.74) is 7.56. The van der Waals surface area contributed by atoms with Crippen LogP contribution in [0.5, 0.6) is 0 Å². The predicted molar refractivity (Wildman–Crippen MR) is 152 cm³/mol. The van der Waals surface area contributed by atoms with Gasteiger partial charge in [-0.25, -0.2) is 0 Å². The first kappa shape index (κ1) is 21.9. The van der Waals surface area contributed by atoms with Crippen LogP contribution in [-0.4, -0.2) is 0 Å². The van der Waals surface area contributed by atoms with E-state index in [-0.39, 0.29) is 10.8 Å². The largest absolute Gasteiger partial charge is 0.0616 e. The summed E-state index contributed by atoms with van der Waals surface area (Å²) in [5.74, 6) is 0. The molecule has 5 aromatic carbocycles. The van der Waals surface area contributed by atoms with E-state index in [1.807, 2.05) is 0 Å². The van der Waals surface area contributed by atoms with Gasteiger partial charge < -0.3 is 0 Å². The van der Waals surface area contributed by atoms with E-state index in [9.17, 15) is 0 Å². The van der Waals surface area contributed by atoms with Gasteiger partial charge in [-0.3, -0.25) is 0 Å². The highest BCUT2D eigenvalue weighted by molar-refractivity contribution is 9.10. The first-order valence-corrected chi connectivity index (χ1v) is 13.1. The van der Waals surface area contributed by atoms with Gasteiger partial charge in [0.05, 0.1) is 0 Å². The van der Waals surface area contributed by atoms with Gasteiger partial charge in [0.1, 0.15) is 0 Å². The zero-order valence-corrected chi connectivity index (χ0v) is 22.3. The third-order valence-corrected chi connectivity index (χ3v) is 8.80. The summed E-state index contributed by atoms with van der Waals surface area (Å²) in [5, 5.41) is 7.91. The van der Waals surface area contributed by atoms with Crippen LogP contribution in [0, 0.1) is 6.92 Å². The maximum absolute atomic E-state index is 3.68. The van der Waals surface area contributed by atoms with Crippen molar-refractivity contribution in [1.82, 2.24) is 0 Å². The SMILES string of the molecule is Cc1cc2c(cc1-c1ccc3c4ccc(Br)cc4c4ccccc4c3c1)C(C)(C)CCC2(C)C. The van der Waals surface area contributed by atoms with Crippen LogP contribution in [0.25, 0.3) is 43.4 Å². The predicted octanol–water partition coefficient (Wildman–Crippen LogP) is 10.2. The van der Waals surface area contributed by atoms with Crippen molar-refractivity contribution in [3.8, 4) is 11.1 Å². The highest BCUT2D eigenvalue weighted by Crippen LogP contribution is 2.48. The fourth-order valence-electron chi connectivity index (χ4n) is 6.13. The molecule has 1 aliphatic carbocycles. The number of hydrogen-bond acceptors (Lipinski definition) is 0. The molecule has 0 unspecified atom stereocenters. The third-order valence-electron chi connectivity index (χ3n) is 8.31. The summed E-state index contributed by atoms with van der Waals surface area (Å²) in [7, 11) is 0. The average molecular weight is 508 g/mol. The molecule has 34 heavy (non-hydrogen) atoms. The molecule has 0 atom stereocenters. The summed E-state index contributed by atoms with van der Waals surface area (Å²) in [6.07, 6.45) is 2.48. The number of aryl methyl sites for hydroxylation is 1. The fourth-order valence-corrected chi connectivity index (χ4v) is 6.49. The Morgan fingerprint density at radius 2 is 1.12 bits per heavy atom. The Labute approximate surface area is 211 Å². The van der Waals surface area contributed by atoms with Crippen LogP contribution in [0.1, 0.15) is 57.2 Å². The minimum atomic E-state index is 0.209. The topological polar surface area (TPSA) is 0 Å². The van der Waals surface area contributed by atoms with Crippen molar-refractivity contribution in [1.29, 1.82) is 0 Å². The smallest absolute Gasteiger partial charge is 0.0181 e. The number of benzene rings is 5. The van der Waals surface area contributed by atoms with Gasteiger partial charge in [-0.15, -0.1) is 0 Å². The lowest BCUT2D eigenvalue weighted by Crippen LogP contribution is -2.34. The monoisotopic (exact) mass is 506 g/mol. The summed E-state index contributed by atoms with van der Waals surface area (Å²) >= 11 is 3.68. The van der Waals surface area contributed by atoms with Crippen molar-refractivity contribution in [3.05, 3.63) is 94.0 Å². The normalized spacial score (nSPS) is 16.8. The molecule has 0 bridgehead atoms. The van der Waals surface area contributed by atoms with Crippen molar-refractivity contribution in [3.63, 3.8) is 0 Å². The van der Waals surface area contributed by atoms with Crippen LogP contribution in [0.15, 0.2) is 77.3 Å². The molecule has 0 N–H and O–H groups in total. The van der Waals surface area contributed by atoms with Crippen LogP contribution >= 0.6 is 15.9 Å². The van der Waals surface area contributed by atoms with E-state index in [1.54, 1.807) is 0 Å². The maximum Gasteiger partial charge on any atom is 0.0181 e. The first-order chi connectivity index (χ1) is 16.2. The molecule has 0 nitrogen and oxygen atoms in total. The molecular formula is C33H31Br. The van der Waals surface area contributed by atoms with Gasteiger partial charge in [0.15, 0.2) is 0 Å². The molecule has 0 spiro atoms. The van der Waals surface area contributed by atoms with Gasteiger partial charge in [-0.2, -0.15) is 0 Å². The Bertz CT molecular complexity index is 1600. The van der Waals surface area contributed by atoms with E-state index in [2.05, 4.69) is 123 Å². The van der Waals surface area contributed by atoms with Crippen LogP contribution in [-0.2, 0) is 10.8 Å². The molecule has 1 aliphatic rings. The second-order valence-corrected chi connectivity index (χ2v) is 12.4. The first-order valence-electron chi connectivity index (χ1n) is 12.4. The van der Waals surface area contributed by atoms with Crippen molar-refractivity contribution in [2.24, 2.45) is 0 Å². The summed E-state index contributed by atoms with van der Waals surface area (Å²) < 4.78 is 1.12. The molecule has 0 heterocycles. The lowest BCUT2D eigenvalue weighted by Gasteiger charge is -2.42. The molecule has 170 valence electrons. The molecule has 6 rings (SSSR count). The summed E-state index contributed by atoms with van der Waals surface area (Å²) in [6.45, 7) is 11.9. The second kappa shape index (κ2) is 7.43. The van der Waals surface area contributed by atoms with E-state index >= 15 is 0 Å². The van der Waals surface area contributed by atoms with Gasteiger partial charge in [-0.05, 0) is 109 Å². The molecule has 0 amide bonds. The van der Waals surface area contributed by atoms with Gasteiger partial charge in [-0.1, -0.05) is 98.2 Å². The van der Waals surface area contributed by atoms with Crippen LogP contribution in [0.4, 0.5) is 0 Å². The Kier molecular flexibility index (Phi) is 4.78. The maximum atomic E-state index is 3.68. The Balaban J connectivity index is 1.65. The van der Waals surface area contributed by atoms with Gasteiger partial charge in [0.2, 0.25) is 0 Å². The zero-order valence-electron chi connectivity index (χ0n) is 20.7. The summed E-state index contributed by atoms with van der Waals surface area (Å²) in [6, 6.07) is 27.6. The Morgan fingerprint density at radius 3 is 1.76 bits per heavy atom. The lowest BCUT2D eigenvalue weighted by molar-refractivity contribution is 0.332. The Morgan fingerprint density at radius 1 is 0.588 bits per heavy atom. The molecule has 0 radical (unpaired) electrons. The molecular weight excluding hydrogens is 476 g/mol. The van der Waals surface area contributed by atoms with Crippen LogP contribution in [0.2, 0.25) is 0 Å². The van der Waals surface area contributed by atoms with Crippen molar-refractivity contribution >= 4 is 48.2 Å². The van der Waals surface area contributed by atoms with Gasteiger partial charge in [0.25, 0.3) is 0 Å². The average Bonchev–Trinajstić information content (AvgIpc) is 2.82. The van der Waals surface area contributed by atoms with Crippen LogP contribution in [0.3, 0.4) is 0 Å². The number of hydrogen-bond donors (Lipinski definition) is 0. The molecule has 0 saturated heterocycles.